The van der Waals surface area contributed by atoms with Gasteiger partial charge in [0.1, 0.15) is 16.9 Å². The third kappa shape index (κ3) is 3.55. The van der Waals surface area contributed by atoms with Gasteiger partial charge in [0.15, 0.2) is 0 Å². The Labute approximate surface area is 140 Å². The average Bonchev–Trinajstić information content (AvgIpc) is 2.98. The van der Waals surface area contributed by atoms with E-state index in [0.717, 1.165) is 5.56 Å². The third-order valence-electron chi connectivity index (χ3n) is 3.37. The van der Waals surface area contributed by atoms with Gasteiger partial charge >= 0.3 is 0 Å². The Bertz CT molecular complexity index is 951. The molecule has 0 spiro atoms. The molecule has 24 heavy (non-hydrogen) atoms. The number of fused-ring (bicyclic) bond motifs is 1. The maximum atomic E-state index is 12.6. The average molecular weight is 346 g/mol. The molecule has 2 aromatic heterocycles. The standard InChI is InChI=1S/C16H18N4O3S/c1-11(2)23-9-12-4-3-5-13(6-12)20-24(21,22)15-8-18-16-14(15)7-17-10-19-16/h3-8,10-11,20H,9H2,1-2H3,(H,17,18,19). The van der Waals surface area contributed by atoms with Gasteiger partial charge in [-0.2, -0.15) is 0 Å². The molecule has 2 heterocycles. The summed E-state index contributed by atoms with van der Waals surface area (Å²) in [7, 11) is -3.75. The largest absolute Gasteiger partial charge is 0.374 e. The van der Waals surface area contributed by atoms with E-state index in [-0.39, 0.29) is 11.0 Å². The summed E-state index contributed by atoms with van der Waals surface area (Å²) >= 11 is 0. The van der Waals surface area contributed by atoms with Gasteiger partial charge in [0, 0.05) is 18.1 Å². The number of hydrogen-bond acceptors (Lipinski definition) is 5. The molecule has 1 aromatic carbocycles. The van der Waals surface area contributed by atoms with Crippen LogP contribution in [0.5, 0.6) is 0 Å². The molecule has 0 saturated heterocycles. The lowest BCUT2D eigenvalue weighted by molar-refractivity contribution is 0.0657. The lowest BCUT2D eigenvalue weighted by atomic mass is 10.2. The van der Waals surface area contributed by atoms with Crippen molar-refractivity contribution in [3.05, 3.63) is 48.5 Å². The second-order valence-electron chi connectivity index (χ2n) is 5.60. The number of nitrogens with one attached hydrogen (secondary N) is 2. The predicted molar refractivity (Wildman–Crippen MR) is 91.1 cm³/mol. The summed E-state index contributed by atoms with van der Waals surface area (Å²) in [5.74, 6) is 0. The summed E-state index contributed by atoms with van der Waals surface area (Å²) in [6.07, 6.45) is 4.35. The number of H-pyrrole nitrogens is 1. The van der Waals surface area contributed by atoms with Crippen molar-refractivity contribution in [2.45, 2.75) is 31.5 Å². The van der Waals surface area contributed by atoms with Crippen LogP contribution in [-0.4, -0.2) is 29.5 Å². The van der Waals surface area contributed by atoms with Crippen LogP contribution in [0.4, 0.5) is 5.69 Å². The molecule has 0 radical (unpaired) electrons. The minimum absolute atomic E-state index is 0.108. The van der Waals surface area contributed by atoms with Crippen molar-refractivity contribution in [2.75, 3.05) is 4.72 Å². The summed E-state index contributed by atoms with van der Waals surface area (Å²) in [6.45, 7) is 4.32. The highest BCUT2D eigenvalue weighted by molar-refractivity contribution is 7.93. The van der Waals surface area contributed by atoms with E-state index in [9.17, 15) is 8.42 Å². The van der Waals surface area contributed by atoms with E-state index >= 15 is 0 Å². The first-order chi connectivity index (χ1) is 11.5. The molecule has 2 N–H and O–H groups in total. The van der Waals surface area contributed by atoms with Gasteiger partial charge in [0.25, 0.3) is 10.0 Å². The quantitative estimate of drug-likeness (QED) is 0.715. The van der Waals surface area contributed by atoms with Gasteiger partial charge in [-0.25, -0.2) is 18.4 Å². The van der Waals surface area contributed by atoms with Crippen LogP contribution >= 0.6 is 0 Å². The van der Waals surface area contributed by atoms with E-state index in [0.29, 0.717) is 23.3 Å². The van der Waals surface area contributed by atoms with Crippen molar-refractivity contribution >= 4 is 26.7 Å². The lowest BCUT2D eigenvalue weighted by Gasteiger charge is -2.10. The molecule has 0 amide bonds. The van der Waals surface area contributed by atoms with Crippen LogP contribution in [0.25, 0.3) is 11.0 Å². The molecule has 0 unspecified atom stereocenters. The minimum atomic E-state index is -3.75. The highest BCUT2D eigenvalue weighted by Crippen LogP contribution is 2.23. The molecular weight excluding hydrogens is 328 g/mol. The number of aromatic nitrogens is 3. The molecular formula is C16H18N4O3S. The lowest BCUT2D eigenvalue weighted by Crippen LogP contribution is -2.13. The molecule has 7 nitrogen and oxygen atoms in total. The minimum Gasteiger partial charge on any atom is -0.374 e. The molecule has 0 aliphatic heterocycles. The number of ether oxygens (including phenoxy) is 1. The van der Waals surface area contributed by atoms with E-state index < -0.39 is 10.0 Å². The van der Waals surface area contributed by atoms with Gasteiger partial charge in [-0.1, -0.05) is 12.1 Å². The van der Waals surface area contributed by atoms with E-state index in [1.54, 1.807) is 18.2 Å². The first-order valence-corrected chi connectivity index (χ1v) is 8.94. The molecule has 3 rings (SSSR count). The van der Waals surface area contributed by atoms with Crippen LogP contribution in [0.15, 0.2) is 47.9 Å². The second-order valence-corrected chi connectivity index (χ2v) is 7.25. The summed E-state index contributed by atoms with van der Waals surface area (Å²) in [4.78, 5) is 10.8. The number of hydrogen-bond donors (Lipinski definition) is 2. The van der Waals surface area contributed by atoms with Crippen LogP contribution in [0.3, 0.4) is 0 Å². The number of aromatic amines is 1. The Hall–Kier alpha value is -2.45. The van der Waals surface area contributed by atoms with Crippen molar-refractivity contribution in [1.82, 2.24) is 15.0 Å². The highest BCUT2D eigenvalue weighted by Gasteiger charge is 2.19. The van der Waals surface area contributed by atoms with Crippen LogP contribution in [0.1, 0.15) is 19.4 Å². The van der Waals surface area contributed by atoms with Gasteiger partial charge in [-0.05, 0) is 31.5 Å². The van der Waals surface area contributed by atoms with Crippen LogP contribution in [0, 0.1) is 0 Å². The Morgan fingerprint density at radius 2 is 2.17 bits per heavy atom. The molecule has 0 atom stereocenters. The number of nitrogens with zero attached hydrogens (tertiary/aromatic N) is 2. The fourth-order valence-electron chi connectivity index (χ4n) is 2.26. The van der Waals surface area contributed by atoms with Crippen molar-refractivity contribution in [2.24, 2.45) is 0 Å². The highest BCUT2D eigenvalue weighted by atomic mass is 32.2. The number of anilines is 1. The molecule has 0 aliphatic rings. The van der Waals surface area contributed by atoms with Crippen LogP contribution < -0.4 is 4.72 Å². The zero-order valence-corrected chi connectivity index (χ0v) is 14.2. The smallest absolute Gasteiger partial charge is 0.264 e. The van der Waals surface area contributed by atoms with Crippen LogP contribution in [-0.2, 0) is 21.4 Å². The van der Waals surface area contributed by atoms with E-state index in [4.69, 9.17) is 4.74 Å². The summed E-state index contributed by atoms with van der Waals surface area (Å²) in [5, 5.41) is 0.448. The molecule has 0 saturated carbocycles. The monoisotopic (exact) mass is 346 g/mol. The molecule has 0 aliphatic carbocycles. The summed E-state index contributed by atoms with van der Waals surface area (Å²) < 4.78 is 33.4. The SMILES string of the molecule is CC(C)OCc1cccc(NS(=O)(=O)c2c[nH]c3ncncc23)c1. The molecule has 126 valence electrons. The second kappa shape index (κ2) is 6.58. The Morgan fingerprint density at radius 3 is 2.96 bits per heavy atom. The van der Waals surface area contributed by atoms with Gasteiger partial charge in [-0.3, -0.25) is 4.72 Å². The first kappa shape index (κ1) is 16.4. The molecule has 3 aromatic rings. The van der Waals surface area contributed by atoms with E-state index in [2.05, 4.69) is 19.7 Å². The first-order valence-electron chi connectivity index (χ1n) is 7.46. The Balaban J connectivity index is 1.86. The maximum Gasteiger partial charge on any atom is 0.264 e. The van der Waals surface area contributed by atoms with Crippen molar-refractivity contribution in [3.8, 4) is 0 Å². The zero-order valence-electron chi connectivity index (χ0n) is 13.4. The Morgan fingerprint density at radius 1 is 1.33 bits per heavy atom. The topological polar surface area (TPSA) is 97.0 Å². The fourth-order valence-corrected chi connectivity index (χ4v) is 3.46. The normalized spacial score (nSPS) is 12.0. The van der Waals surface area contributed by atoms with Crippen molar-refractivity contribution < 1.29 is 13.2 Å². The maximum absolute atomic E-state index is 12.6. The van der Waals surface area contributed by atoms with E-state index in [1.807, 2.05) is 19.9 Å². The molecule has 0 bridgehead atoms. The number of sulfonamides is 1. The van der Waals surface area contributed by atoms with Gasteiger partial charge in [-0.15, -0.1) is 0 Å². The molecule has 0 fully saturated rings. The Kier molecular flexibility index (Phi) is 4.50. The van der Waals surface area contributed by atoms with E-state index in [1.165, 1.54) is 18.7 Å². The summed E-state index contributed by atoms with van der Waals surface area (Å²) in [6, 6.07) is 7.13. The van der Waals surface area contributed by atoms with Crippen molar-refractivity contribution in [1.29, 1.82) is 0 Å². The van der Waals surface area contributed by atoms with Crippen LogP contribution in [0.2, 0.25) is 0 Å². The summed E-state index contributed by atoms with van der Waals surface area (Å²) in [5.41, 5.74) is 1.85. The predicted octanol–water partition coefficient (Wildman–Crippen LogP) is 2.68. The van der Waals surface area contributed by atoms with Gasteiger partial charge < -0.3 is 9.72 Å². The number of rotatable bonds is 6. The van der Waals surface area contributed by atoms with Gasteiger partial charge in [0.05, 0.1) is 18.1 Å². The zero-order chi connectivity index (χ0) is 17.2. The number of benzene rings is 1. The third-order valence-corrected chi connectivity index (χ3v) is 4.79. The van der Waals surface area contributed by atoms with Crippen molar-refractivity contribution in [3.63, 3.8) is 0 Å². The molecule has 8 heteroatoms. The van der Waals surface area contributed by atoms with Gasteiger partial charge in [0.2, 0.25) is 0 Å². The fraction of sp³-hybridized carbons (Fsp3) is 0.250.